The summed E-state index contributed by atoms with van der Waals surface area (Å²) in [6, 6.07) is 9.73. The van der Waals surface area contributed by atoms with E-state index in [0.29, 0.717) is 12.0 Å². The van der Waals surface area contributed by atoms with Gasteiger partial charge in [-0.05, 0) is 25.3 Å². The Labute approximate surface area is 131 Å². The quantitative estimate of drug-likeness (QED) is 0.774. The van der Waals surface area contributed by atoms with Crippen molar-refractivity contribution in [3.05, 3.63) is 65.8 Å². The maximum Gasteiger partial charge on any atom is 0.331 e. The van der Waals surface area contributed by atoms with Crippen molar-refractivity contribution < 1.29 is 19.8 Å². The Kier molecular flexibility index (Phi) is 9.76. The van der Waals surface area contributed by atoms with E-state index >= 15 is 0 Å². The molecule has 0 saturated heterocycles. The van der Waals surface area contributed by atoms with Crippen LogP contribution >= 0.6 is 0 Å². The first-order valence-corrected chi connectivity index (χ1v) is 6.91. The van der Waals surface area contributed by atoms with Gasteiger partial charge in [0.15, 0.2) is 0 Å². The van der Waals surface area contributed by atoms with Gasteiger partial charge in [-0.2, -0.15) is 0 Å². The molecular formula is C18H22O4. The maximum atomic E-state index is 10.4. The lowest BCUT2D eigenvalue weighted by molar-refractivity contribution is -0.133. The van der Waals surface area contributed by atoms with E-state index < -0.39 is 11.9 Å². The van der Waals surface area contributed by atoms with Crippen LogP contribution in [-0.4, -0.2) is 22.2 Å². The lowest BCUT2D eigenvalue weighted by Crippen LogP contribution is -1.96. The first kappa shape index (κ1) is 19.4. The highest BCUT2D eigenvalue weighted by atomic mass is 16.4. The third-order valence-electron chi connectivity index (χ3n) is 2.62. The Bertz CT molecular complexity index is 554. The molecule has 1 aromatic rings. The maximum absolute atomic E-state index is 10.4. The Hall–Kier alpha value is -2.62. The first-order chi connectivity index (χ1) is 10.4. The zero-order valence-electron chi connectivity index (χ0n) is 13.0. The second kappa shape index (κ2) is 11.1. The summed E-state index contributed by atoms with van der Waals surface area (Å²) in [5.74, 6) is -1.77. The number of carbonyl (C=O) groups is 2. The second-order valence-electron chi connectivity index (χ2n) is 4.53. The van der Waals surface area contributed by atoms with Gasteiger partial charge in [0.1, 0.15) is 0 Å². The molecule has 0 unspecified atom stereocenters. The smallest absolute Gasteiger partial charge is 0.331 e. The van der Waals surface area contributed by atoms with Gasteiger partial charge in [0, 0.05) is 11.1 Å². The Balaban J connectivity index is 0.000000472. The van der Waals surface area contributed by atoms with Crippen LogP contribution in [0, 0.1) is 0 Å². The molecule has 0 aliphatic heterocycles. The molecule has 0 fully saturated rings. The largest absolute Gasteiger partial charge is 0.478 e. The van der Waals surface area contributed by atoms with Gasteiger partial charge in [-0.3, -0.25) is 0 Å². The van der Waals surface area contributed by atoms with E-state index in [-0.39, 0.29) is 5.57 Å². The molecule has 0 aliphatic rings. The van der Waals surface area contributed by atoms with Crippen LogP contribution in [-0.2, 0) is 9.59 Å². The summed E-state index contributed by atoms with van der Waals surface area (Å²) in [5, 5.41) is 16.8. The van der Waals surface area contributed by atoms with E-state index in [4.69, 9.17) is 10.2 Å². The molecule has 118 valence electrons. The van der Waals surface area contributed by atoms with E-state index in [1.165, 1.54) is 0 Å². The summed E-state index contributed by atoms with van der Waals surface area (Å²) in [6.45, 7) is 6.93. The van der Waals surface area contributed by atoms with Crippen LogP contribution in [0.15, 0.2) is 60.2 Å². The average molecular weight is 302 g/mol. The SMILES string of the molecule is C=C(CC=Cc1ccccc1)C(=O)O.CCC=C(C)C(=O)O. The molecule has 0 heterocycles. The van der Waals surface area contributed by atoms with Crippen molar-refractivity contribution in [2.75, 3.05) is 0 Å². The molecule has 0 saturated carbocycles. The highest BCUT2D eigenvalue weighted by Gasteiger charge is 1.99. The fraction of sp³-hybridized carbons (Fsp3) is 0.222. The van der Waals surface area contributed by atoms with Crippen LogP contribution in [0.1, 0.15) is 32.3 Å². The van der Waals surface area contributed by atoms with E-state index in [9.17, 15) is 9.59 Å². The zero-order chi connectivity index (χ0) is 17.0. The van der Waals surface area contributed by atoms with Gasteiger partial charge in [0.25, 0.3) is 0 Å². The number of benzene rings is 1. The number of allylic oxidation sites excluding steroid dienone is 2. The average Bonchev–Trinajstić information content (AvgIpc) is 2.49. The van der Waals surface area contributed by atoms with Gasteiger partial charge in [0.05, 0.1) is 0 Å². The molecule has 0 amide bonds. The molecule has 0 bridgehead atoms. The van der Waals surface area contributed by atoms with E-state index in [0.717, 1.165) is 12.0 Å². The fourth-order valence-corrected chi connectivity index (χ4v) is 1.38. The topological polar surface area (TPSA) is 74.6 Å². The zero-order valence-corrected chi connectivity index (χ0v) is 13.0. The van der Waals surface area contributed by atoms with E-state index in [1.807, 2.05) is 43.3 Å². The van der Waals surface area contributed by atoms with Crippen LogP contribution in [0.3, 0.4) is 0 Å². The summed E-state index contributed by atoms with van der Waals surface area (Å²) in [6.07, 6.45) is 6.53. The molecule has 1 aromatic carbocycles. The number of aliphatic carboxylic acids is 2. The van der Waals surface area contributed by atoms with Crippen molar-refractivity contribution in [2.24, 2.45) is 0 Å². The molecule has 0 aromatic heterocycles. The molecule has 0 aliphatic carbocycles. The predicted molar refractivity (Wildman–Crippen MR) is 88.6 cm³/mol. The molecule has 0 spiro atoms. The third-order valence-corrected chi connectivity index (χ3v) is 2.62. The normalized spacial score (nSPS) is 10.7. The molecule has 1 rings (SSSR count). The summed E-state index contributed by atoms with van der Waals surface area (Å²) in [4.78, 5) is 20.4. The van der Waals surface area contributed by atoms with Crippen LogP contribution in [0.2, 0.25) is 0 Å². The Morgan fingerprint density at radius 1 is 1.14 bits per heavy atom. The van der Waals surface area contributed by atoms with Gasteiger partial charge in [-0.25, -0.2) is 9.59 Å². The minimum atomic E-state index is -0.942. The molecule has 0 radical (unpaired) electrons. The van der Waals surface area contributed by atoms with E-state index in [1.54, 1.807) is 19.1 Å². The monoisotopic (exact) mass is 302 g/mol. The van der Waals surface area contributed by atoms with Crippen LogP contribution in [0.4, 0.5) is 0 Å². The Morgan fingerprint density at radius 3 is 2.14 bits per heavy atom. The van der Waals surface area contributed by atoms with Gasteiger partial charge in [0.2, 0.25) is 0 Å². The summed E-state index contributed by atoms with van der Waals surface area (Å²) >= 11 is 0. The third kappa shape index (κ3) is 9.31. The minimum absolute atomic E-state index is 0.206. The van der Waals surface area contributed by atoms with Gasteiger partial charge in [-0.1, -0.05) is 62.1 Å². The van der Waals surface area contributed by atoms with E-state index in [2.05, 4.69) is 6.58 Å². The van der Waals surface area contributed by atoms with Crippen molar-refractivity contribution in [1.29, 1.82) is 0 Å². The lowest BCUT2D eigenvalue weighted by Gasteiger charge is -1.93. The minimum Gasteiger partial charge on any atom is -0.478 e. The van der Waals surface area contributed by atoms with Gasteiger partial charge >= 0.3 is 11.9 Å². The van der Waals surface area contributed by atoms with Crippen molar-refractivity contribution in [3.8, 4) is 0 Å². The lowest BCUT2D eigenvalue weighted by atomic mass is 10.1. The fourth-order valence-electron chi connectivity index (χ4n) is 1.38. The van der Waals surface area contributed by atoms with Gasteiger partial charge < -0.3 is 10.2 Å². The van der Waals surface area contributed by atoms with Crippen LogP contribution in [0.25, 0.3) is 6.08 Å². The molecule has 22 heavy (non-hydrogen) atoms. The summed E-state index contributed by atoms with van der Waals surface area (Å²) in [5.41, 5.74) is 1.69. The van der Waals surface area contributed by atoms with Gasteiger partial charge in [-0.15, -0.1) is 0 Å². The highest BCUT2D eigenvalue weighted by molar-refractivity contribution is 5.86. The predicted octanol–water partition coefficient (Wildman–Crippen LogP) is 4.16. The molecular weight excluding hydrogens is 280 g/mol. The van der Waals surface area contributed by atoms with Crippen molar-refractivity contribution in [3.63, 3.8) is 0 Å². The number of rotatable bonds is 6. The number of hydrogen-bond acceptors (Lipinski definition) is 2. The standard InChI is InChI=1S/C12H12O2.C6H10O2/c1-10(12(13)14)6-5-9-11-7-3-2-4-8-11;1-3-4-5(2)6(7)8/h2-5,7-9H,1,6H2,(H,13,14);4H,3H2,1-2H3,(H,7,8). The Morgan fingerprint density at radius 2 is 1.73 bits per heavy atom. The highest BCUT2D eigenvalue weighted by Crippen LogP contribution is 2.05. The molecule has 2 N–H and O–H groups in total. The van der Waals surface area contributed by atoms with Crippen molar-refractivity contribution >= 4 is 18.0 Å². The first-order valence-electron chi connectivity index (χ1n) is 6.91. The van der Waals surface area contributed by atoms with Crippen LogP contribution < -0.4 is 0 Å². The van der Waals surface area contributed by atoms with Crippen LogP contribution in [0.5, 0.6) is 0 Å². The number of carboxylic acids is 2. The second-order valence-corrected chi connectivity index (χ2v) is 4.53. The summed E-state index contributed by atoms with van der Waals surface area (Å²) in [7, 11) is 0. The molecule has 4 nitrogen and oxygen atoms in total. The number of carboxylic acid groups (broad SMARTS) is 2. The molecule has 0 atom stereocenters. The van der Waals surface area contributed by atoms with Crippen molar-refractivity contribution in [1.82, 2.24) is 0 Å². The molecule has 4 heteroatoms. The number of hydrogen-bond donors (Lipinski definition) is 2. The summed E-state index contributed by atoms with van der Waals surface area (Å²) < 4.78 is 0. The van der Waals surface area contributed by atoms with Crippen molar-refractivity contribution in [2.45, 2.75) is 26.7 Å².